The Labute approximate surface area is 235 Å². The molecule has 9 nitrogen and oxygen atoms in total. The maximum atomic E-state index is 12.7. The number of amides is 1. The van der Waals surface area contributed by atoms with Crippen LogP contribution >= 0.6 is 0 Å². The molecular weight excluding hydrogens is 512 g/mol. The molecule has 0 saturated carbocycles. The molecule has 0 aliphatic rings. The lowest BCUT2D eigenvalue weighted by atomic mass is 10.2. The van der Waals surface area contributed by atoms with Crippen LogP contribution in [0.2, 0.25) is 0 Å². The summed E-state index contributed by atoms with van der Waals surface area (Å²) in [6.07, 6.45) is 4.42. The molecule has 0 radical (unpaired) electrons. The van der Waals surface area contributed by atoms with Gasteiger partial charge in [0.25, 0.3) is 5.91 Å². The summed E-state index contributed by atoms with van der Waals surface area (Å²) in [5.41, 5.74) is 3.46. The van der Waals surface area contributed by atoms with E-state index in [1.165, 1.54) is 6.21 Å². The SMILES string of the molecule is CCCCOc1ccc(OCC(=O)N/N=C\c2ccc(OC(=O)c3ccc(OCCC)cc3)c(OCC)c2)cc1. The van der Waals surface area contributed by atoms with E-state index in [0.29, 0.717) is 48.2 Å². The molecule has 0 unspecified atom stereocenters. The molecule has 0 aliphatic heterocycles. The zero-order valence-electron chi connectivity index (χ0n) is 23.2. The summed E-state index contributed by atoms with van der Waals surface area (Å²) < 4.78 is 27.9. The van der Waals surface area contributed by atoms with Gasteiger partial charge in [0.1, 0.15) is 17.2 Å². The number of ether oxygens (including phenoxy) is 5. The largest absolute Gasteiger partial charge is 0.494 e. The summed E-state index contributed by atoms with van der Waals surface area (Å²) in [5.74, 6) is 1.71. The number of carbonyl (C=O) groups excluding carboxylic acids is 2. The fraction of sp³-hybridized carbons (Fsp3) is 0.323. The molecule has 1 amide bonds. The summed E-state index contributed by atoms with van der Waals surface area (Å²) in [5, 5.41) is 3.98. The minimum atomic E-state index is -0.518. The number of benzene rings is 3. The van der Waals surface area contributed by atoms with Gasteiger partial charge in [-0.2, -0.15) is 5.10 Å². The zero-order chi connectivity index (χ0) is 28.6. The number of rotatable bonds is 16. The van der Waals surface area contributed by atoms with E-state index in [1.54, 1.807) is 66.7 Å². The third-order valence-electron chi connectivity index (χ3n) is 5.40. The number of hydrogen-bond acceptors (Lipinski definition) is 8. The Morgan fingerprint density at radius 3 is 2.05 bits per heavy atom. The van der Waals surface area contributed by atoms with Crippen molar-refractivity contribution in [2.24, 2.45) is 5.10 Å². The van der Waals surface area contributed by atoms with Gasteiger partial charge < -0.3 is 23.7 Å². The Kier molecular flexibility index (Phi) is 12.3. The highest BCUT2D eigenvalue weighted by Gasteiger charge is 2.14. The third-order valence-corrected chi connectivity index (χ3v) is 5.40. The second-order valence-electron chi connectivity index (χ2n) is 8.66. The van der Waals surface area contributed by atoms with Gasteiger partial charge in [-0.25, -0.2) is 10.2 Å². The maximum absolute atomic E-state index is 12.7. The van der Waals surface area contributed by atoms with Crippen molar-refractivity contribution in [2.45, 2.75) is 40.0 Å². The van der Waals surface area contributed by atoms with E-state index in [-0.39, 0.29) is 12.4 Å². The molecule has 9 heteroatoms. The topological polar surface area (TPSA) is 105 Å². The molecule has 3 aromatic carbocycles. The number of hydrogen-bond donors (Lipinski definition) is 1. The second kappa shape index (κ2) is 16.4. The lowest BCUT2D eigenvalue weighted by Crippen LogP contribution is -2.24. The highest BCUT2D eigenvalue weighted by Crippen LogP contribution is 2.29. The number of esters is 1. The van der Waals surface area contributed by atoms with Crippen molar-refractivity contribution >= 4 is 18.1 Å². The fourth-order valence-electron chi connectivity index (χ4n) is 3.35. The first-order chi connectivity index (χ1) is 19.5. The molecule has 212 valence electrons. The molecule has 40 heavy (non-hydrogen) atoms. The Bertz CT molecular complexity index is 1240. The van der Waals surface area contributed by atoms with E-state index >= 15 is 0 Å². The summed E-state index contributed by atoms with van der Waals surface area (Å²) >= 11 is 0. The van der Waals surface area contributed by atoms with Crippen molar-refractivity contribution in [3.63, 3.8) is 0 Å². The molecule has 0 atom stereocenters. The van der Waals surface area contributed by atoms with E-state index in [9.17, 15) is 9.59 Å². The van der Waals surface area contributed by atoms with Gasteiger partial charge in [0, 0.05) is 0 Å². The van der Waals surface area contributed by atoms with Crippen LogP contribution < -0.4 is 29.1 Å². The van der Waals surface area contributed by atoms with Gasteiger partial charge in [0.15, 0.2) is 18.1 Å². The number of nitrogens with one attached hydrogen (secondary N) is 1. The van der Waals surface area contributed by atoms with Crippen LogP contribution in [0, 0.1) is 0 Å². The van der Waals surface area contributed by atoms with Gasteiger partial charge in [-0.15, -0.1) is 0 Å². The molecular formula is C31H36N2O7. The van der Waals surface area contributed by atoms with Crippen LogP contribution in [0.4, 0.5) is 0 Å². The Hall–Kier alpha value is -4.53. The van der Waals surface area contributed by atoms with Gasteiger partial charge in [0.2, 0.25) is 0 Å². The standard InChI is InChI=1S/C31H36N2O7/c1-4-7-19-38-26-13-15-27(16-14-26)39-22-30(34)33-32-21-23-8-17-28(29(20-23)36-6-3)40-31(35)24-9-11-25(12-10-24)37-18-5-2/h8-17,20-21H,4-7,18-19,22H2,1-3H3,(H,33,34)/b32-21-. The quantitative estimate of drug-likeness (QED) is 0.0793. The van der Waals surface area contributed by atoms with E-state index in [1.807, 2.05) is 13.8 Å². The fourth-order valence-corrected chi connectivity index (χ4v) is 3.35. The Morgan fingerprint density at radius 2 is 1.40 bits per heavy atom. The minimum Gasteiger partial charge on any atom is -0.494 e. The van der Waals surface area contributed by atoms with Gasteiger partial charge in [-0.3, -0.25) is 4.79 Å². The summed E-state index contributed by atoms with van der Waals surface area (Å²) in [6, 6.07) is 18.9. The highest BCUT2D eigenvalue weighted by atomic mass is 16.6. The molecule has 0 bridgehead atoms. The first kappa shape index (κ1) is 30.0. The van der Waals surface area contributed by atoms with Crippen LogP contribution in [0.5, 0.6) is 28.7 Å². The van der Waals surface area contributed by atoms with E-state index in [4.69, 9.17) is 23.7 Å². The van der Waals surface area contributed by atoms with Crippen molar-refractivity contribution in [2.75, 3.05) is 26.4 Å². The molecule has 0 aliphatic carbocycles. The normalized spacial score (nSPS) is 10.7. The first-order valence-electron chi connectivity index (χ1n) is 13.4. The average Bonchev–Trinajstić information content (AvgIpc) is 2.97. The molecule has 3 rings (SSSR count). The lowest BCUT2D eigenvalue weighted by Gasteiger charge is -2.12. The van der Waals surface area contributed by atoms with Crippen molar-refractivity contribution in [3.8, 4) is 28.7 Å². The van der Waals surface area contributed by atoms with Crippen LogP contribution in [0.1, 0.15) is 56.0 Å². The Balaban J connectivity index is 1.51. The molecule has 0 aromatic heterocycles. The molecule has 0 spiro atoms. The third kappa shape index (κ3) is 9.98. The van der Waals surface area contributed by atoms with Crippen LogP contribution in [-0.2, 0) is 4.79 Å². The minimum absolute atomic E-state index is 0.196. The molecule has 0 saturated heterocycles. The van der Waals surface area contributed by atoms with Gasteiger partial charge in [0.05, 0.1) is 31.6 Å². The summed E-state index contributed by atoms with van der Waals surface area (Å²) in [6.45, 7) is 7.41. The summed E-state index contributed by atoms with van der Waals surface area (Å²) in [4.78, 5) is 24.8. The monoisotopic (exact) mass is 548 g/mol. The predicted octanol–water partition coefficient (Wildman–Crippen LogP) is 5.80. The van der Waals surface area contributed by atoms with Crippen molar-refractivity contribution in [1.29, 1.82) is 0 Å². The highest BCUT2D eigenvalue weighted by molar-refractivity contribution is 5.92. The van der Waals surface area contributed by atoms with Crippen LogP contribution in [0.15, 0.2) is 71.8 Å². The molecule has 3 aromatic rings. The number of hydrazone groups is 1. The summed E-state index contributed by atoms with van der Waals surface area (Å²) in [7, 11) is 0. The Morgan fingerprint density at radius 1 is 0.750 bits per heavy atom. The number of carbonyl (C=O) groups is 2. The molecule has 0 heterocycles. The van der Waals surface area contributed by atoms with Crippen LogP contribution in [0.3, 0.4) is 0 Å². The molecule has 0 fully saturated rings. The van der Waals surface area contributed by atoms with Crippen molar-refractivity contribution < 1.29 is 33.3 Å². The van der Waals surface area contributed by atoms with E-state index in [0.717, 1.165) is 25.0 Å². The van der Waals surface area contributed by atoms with E-state index < -0.39 is 11.9 Å². The van der Waals surface area contributed by atoms with Gasteiger partial charge >= 0.3 is 5.97 Å². The average molecular weight is 549 g/mol. The van der Waals surface area contributed by atoms with Crippen molar-refractivity contribution in [1.82, 2.24) is 5.43 Å². The molecule has 1 N–H and O–H groups in total. The zero-order valence-corrected chi connectivity index (χ0v) is 23.2. The van der Waals surface area contributed by atoms with Crippen LogP contribution in [0.25, 0.3) is 0 Å². The number of nitrogens with zero attached hydrogens (tertiary/aromatic N) is 1. The van der Waals surface area contributed by atoms with Gasteiger partial charge in [-0.05, 0) is 92.1 Å². The first-order valence-corrected chi connectivity index (χ1v) is 13.4. The predicted molar refractivity (Wildman–Crippen MR) is 153 cm³/mol. The smallest absolute Gasteiger partial charge is 0.343 e. The number of unbranched alkanes of at least 4 members (excludes halogenated alkanes) is 1. The van der Waals surface area contributed by atoms with Crippen LogP contribution in [-0.4, -0.2) is 44.5 Å². The van der Waals surface area contributed by atoms with Crippen molar-refractivity contribution in [3.05, 3.63) is 77.9 Å². The van der Waals surface area contributed by atoms with Gasteiger partial charge in [-0.1, -0.05) is 20.3 Å². The van der Waals surface area contributed by atoms with E-state index in [2.05, 4.69) is 17.5 Å². The lowest BCUT2D eigenvalue weighted by molar-refractivity contribution is -0.123. The maximum Gasteiger partial charge on any atom is 0.343 e. The second-order valence-corrected chi connectivity index (χ2v) is 8.66.